The van der Waals surface area contributed by atoms with E-state index in [-0.39, 0.29) is 18.4 Å². The summed E-state index contributed by atoms with van der Waals surface area (Å²) >= 11 is 1.52. The van der Waals surface area contributed by atoms with E-state index in [4.69, 9.17) is 4.74 Å². The van der Waals surface area contributed by atoms with Gasteiger partial charge in [-0.15, -0.1) is 11.3 Å². The van der Waals surface area contributed by atoms with E-state index in [2.05, 4.69) is 22.5 Å². The maximum absolute atomic E-state index is 12.4. The number of ether oxygens (including phenoxy) is 1. The molecule has 0 unspecified atom stereocenters. The largest absolute Gasteiger partial charge is 0.444 e. The predicted octanol–water partition coefficient (Wildman–Crippen LogP) is 4.55. The van der Waals surface area contributed by atoms with Crippen LogP contribution < -0.4 is 16.0 Å². The van der Waals surface area contributed by atoms with Crippen molar-refractivity contribution in [3.8, 4) is 0 Å². The standard InChI is InChI=1S/C23H21N3O4S/c1-2-21(27)25-18-9-11-19(12-10-18)26-22(28)17-7-5-16(6-8-17)14-24-23(29)30-15-20-4-3-13-31-20/h2-13H,1,14-15H2,(H,24,29)(H,25,27)(H,26,28). The first-order valence-corrected chi connectivity index (χ1v) is 10.3. The van der Waals surface area contributed by atoms with Crippen molar-refractivity contribution < 1.29 is 19.1 Å². The van der Waals surface area contributed by atoms with Gasteiger partial charge in [-0.1, -0.05) is 24.8 Å². The van der Waals surface area contributed by atoms with Gasteiger partial charge >= 0.3 is 6.09 Å². The Kier molecular flexibility index (Phi) is 7.56. The van der Waals surface area contributed by atoms with Gasteiger partial charge < -0.3 is 20.7 Å². The predicted molar refractivity (Wildman–Crippen MR) is 121 cm³/mol. The summed E-state index contributed by atoms with van der Waals surface area (Å²) in [6, 6.07) is 17.4. The molecule has 3 N–H and O–H groups in total. The van der Waals surface area contributed by atoms with Crippen LogP contribution >= 0.6 is 11.3 Å². The van der Waals surface area contributed by atoms with Crippen LogP contribution in [0.15, 0.2) is 78.7 Å². The van der Waals surface area contributed by atoms with Gasteiger partial charge in [0.05, 0.1) is 0 Å². The second-order valence-corrected chi connectivity index (χ2v) is 7.46. The first-order valence-electron chi connectivity index (χ1n) is 9.40. The summed E-state index contributed by atoms with van der Waals surface area (Å²) in [6.45, 7) is 3.93. The highest BCUT2D eigenvalue weighted by molar-refractivity contribution is 7.09. The lowest BCUT2D eigenvalue weighted by atomic mass is 10.1. The molecule has 0 saturated carbocycles. The van der Waals surface area contributed by atoms with Gasteiger partial charge in [-0.3, -0.25) is 9.59 Å². The molecule has 8 heteroatoms. The van der Waals surface area contributed by atoms with Crippen molar-refractivity contribution in [2.24, 2.45) is 0 Å². The van der Waals surface area contributed by atoms with Gasteiger partial charge in [-0.2, -0.15) is 0 Å². The Morgan fingerprint density at radius 2 is 1.61 bits per heavy atom. The average Bonchev–Trinajstić information content (AvgIpc) is 3.31. The van der Waals surface area contributed by atoms with Crippen LogP contribution in [0.5, 0.6) is 0 Å². The van der Waals surface area contributed by atoms with E-state index in [0.29, 0.717) is 23.5 Å². The second-order valence-electron chi connectivity index (χ2n) is 6.43. The van der Waals surface area contributed by atoms with Gasteiger partial charge in [-0.25, -0.2) is 4.79 Å². The summed E-state index contributed by atoms with van der Waals surface area (Å²) in [4.78, 5) is 36.5. The number of thiophene rings is 1. The number of alkyl carbamates (subject to hydrolysis) is 1. The van der Waals surface area contributed by atoms with Gasteiger partial charge in [0, 0.05) is 28.4 Å². The van der Waals surface area contributed by atoms with Crippen molar-refractivity contribution in [2.75, 3.05) is 10.6 Å². The molecular weight excluding hydrogens is 414 g/mol. The van der Waals surface area contributed by atoms with Crippen LogP contribution in [0.4, 0.5) is 16.2 Å². The van der Waals surface area contributed by atoms with Gasteiger partial charge in [0.1, 0.15) is 6.61 Å². The van der Waals surface area contributed by atoms with Gasteiger partial charge in [-0.05, 0) is 59.5 Å². The van der Waals surface area contributed by atoms with Crippen molar-refractivity contribution in [1.29, 1.82) is 0 Å². The van der Waals surface area contributed by atoms with Crippen molar-refractivity contribution in [3.05, 3.63) is 94.7 Å². The Balaban J connectivity index is 1.46. The van der Waals surface area contributed by atoms with Crippen molar-refractivity contribution in [3.63, 3.8) is 0 Å². The summed E-state index contributed by atoms with van der Waals surface area (Å²) in [7, 11) is 0. The number of benzene rings is 2. The highest BCUT2D eigenvalue weighted by Crippen LogP contribution is 2.15. The zero-order valence-corrected chi connectivity index (χ0v) is 17.4. The minimum Gasteiger partial charge on any atom is -0.444 e. The van der Waals surface area contributed by atoms with Crippen LogP contribution in [-0.4, -0.2) is 17.9 Å². The van der Waals surface area contributed by atoms with Crippen LogP contribution in [0.25, 0.3) is 0 Å². The van der Waals surface area contributed by atoms with Gasteiger partial charge in [0.2, 0.25) is 5.91 Å². The van der Waals surface area contributed by atoms with Gasteiger partial charge in [0.25, 0.3) is 5.91 Å². The molecule has 3 aromatic rings. The topological polar surface area (TPSA) is 96.5 Å². The van der Waals surface area contributed by atoms with E-state index < -0.39 is 6.09 Å². The second kappa shape index (κ2) is 10.7. The molecule has 0 radical (unpaired) electrons. The lowest BCUT2D eigenvalue weighted by Crippen LogP contribution is -2.23. The molecule has 7 nitrogen and oxygen atoms in total. The molecule has 0 spiro atoms. The lowest BCUT2D eigenvalue weighted by molar-refractivity contribution is -0.111. The van der Waals surface area contributed by atoms with Crippen molar-refractivity contribution >= 4 is 40.6 Å². The molecule has 3 rings (SSSR count). The lowest BCUT2D eigenvalue weighted by Gasteiger charge is -2.09. The summed E-state index contributed by atoms with van der Waals surface area (Å²) in [5, 5.41) is 10.0. The molecule has 0 fully saturated rings. The van der Waals surface area contributed by atoms with Gasteiger partial charge in [0.15, 0.2) is 0 Å². The molecule has 1 heterocycles. The zero-order valence-electron chi connectivity index (χ0n) is 16.6. The van der Waals surface area contributed by atoms with Crippen molar-refractivity contribution in [1.82, 2.24) is 5.32 Å². The number of hydrogen-bond donors (Lipinski definition) is 3. The first-order chi connectivity index (χ1) is 15.0. The van der Waals surface area contributed by atoms with Crippen LogP contribution in [0, 0.1) is 0 Å². The van der Waals surface area contributed by atoms with E-state index in [1.807, 2.05) is 17.5 Å². The third-order valence-corrected chi connectivity index (χ3v) is 5.02. The molecule has 0 atom stereocenters. The van der Waals surface area contributed by atoms with Crippen LogP contribution in [-0.2, 0) is 22.7 Å². The van der Waals surface area contributed by atoms with Crippen LogP contribution in [0.1, 0.15) is 20.8 Å². The fourth-order valence-electron chi connectivity index (χ4n) is 2.56. The molecule has 0 saturated heterocycles. The molecule has 0 aliphatic heterocycles. The fourth-order valence-corrected chi connectivity index (χ4v) is 3.18. The Morgan fingerprint density at radius 1 is 0.935 bits per heavy atom. The minimum atomic E-state index is -0.497. The molecule has 0 bridgehead atoms. The number of rotatable bonds is 8. The number of nitrogens with one attached hydrogen (secondary N) is 3. The van der Waals surface area contributed by atoms with Crippen LogP contribution in [0.2, 0.25) is 0 Å². The zero-order chi connectivity index (χ0) is 22.1. The molecule has 0 aliphatic rings. The highest BCUT2D eigenvalue weighted by Gasteiger charge is 2.08. The quantitative estimate of drug-likeness (QED) is 0.452. The monoisotopic (exact) mass is 435 g/mol. The van der Waals surface area contributed by atoms with E-state index in [9.17, 15) is 14.4 Å². The summed E-state index contributed by atoms with van der Waals surface area (Å²) in [5.74, 6) is -0.570. The summed E-state index contributed by atoms with van der Waals surface area (Å²) in [5.41, 5.74) is 2.52. The smallest absolute Gasteiger partial charge is 0.407 e. The molecule has 158 valence electrons. The average molecular weight is 436 g/mol. The molecular formula is C23H21N3O4S. The fraction of sp³-hybridized carbons (Fsp3) is 0.0870. The Bertz CT molecular complexity index is 1050. The maximum Gasteiger partial charge on any atom is 0.407 e. The van der Waals surface area contributed by atoms with Crippen molar-refractivity contribution in [2.45, 2.75) is 13.2 Å². The van der Waals surface area contributed by atoms with E-state index in [1.165, 1.54) is 17.4 Å². The minimum absolute atomic E-state index is 0.240. The Hall–Kier alpha value is -3.91. The maximum atomic E-state index is 12.4. The SMILES string of the molecule is C=CC(=O)Nc1ccc(NC(=O)c2ccc(CNC(=O)OCc3cccs3)cc2)cc1. The molecule has 0 aliphatic carbocycles. The van der Waals surface area contributed by atoms with E-state index in [0.717, 1.165) is 10.4 Å². The normalized spacial score (nSPS) is 10.1. The number of amides is 3. The summed E-state index contributed by atoms with van der Waals surface area (Å²) in [6.07, 6.45) is 0.686. The Morgan fingerprint density at radius 3 is 2.23 bits per heavy atom. The molecule has 2 aromatic carbocycles. The highest BCUT2D eigenvalue weighted by atomic mass is 32.1. The Labute approximate surface area is 183 Å². The van der Waals surface area contributed by atoms with E-state index >= 15 is 0 Å². The molecule has 1 aromatic heterocycles. The molecule has 31 heavy (non-hydrogen) atoms. The number of hydrogen-bond acceptors (Lipinski definition) is 5. The van der Waals surface area contributed by atoms with E-state index in [1.54, 1.807) is 48.5 Å². The number of anilines is 2. The third kappa shape index (κ3) is 6.83. The molecule has 3 amide bonds. The number of carbonyl (C=O) groups excluding carboxylic acids is 3. The van der Waals surface area contributed by atoms with Crippen LogP contribution in [0.3, 0.4) is 0 Å². The summed E-state index contributed by atoms with van der Waals surface area (Å²) < 4.78 is 5.14. The third-order valence-electron chi connectivity index (χ3n) is 4.17. The first kappa shape index (κ1) is 21.8. The number of carbonyl (C=O) groups is 3.